The third kappa shape index (κ3) is 3.44. The number of non-ortho nitro benzene ring substituents is 1. The van der Waals surface area contributed by atoms with Gasteiger partial charge in [-0.2, -0.15) is 0 Å². The van der Waals surface area contributed by atoms with Gasteiger partial charge in [-0.3, -0.25) is 10.1 Å². The summed E-state index contributed by atoms with van der Waals surface area (Å²) < 4.78 is 5.29. The molecule has 1 unspecified atom stereocenters. The largest absolute Gasteiger partial charge is 0.459 e. The fourth-order valence-electron chi connectivity index (χ4n) is 2.20. The summed E-state index contributed by atoms with van der Waals surface area (Å²) >= 11 is 0. The van der Waals surface area contributed by atoms with Gasteiger partial charge in [0.1, 0.15) is 6.10 Å². The van der Waals surface area contributed by atoms with Crippen LogP contribution in [-0.4, -0.2) is 17.0 Å². The molecule has 0 amide bonds. The highest BCUT2D eigenvalue weighted by molar-refractivity contribution is 5.95. The first-order valence-corrected chi connectivity index (χ1v) is 6.76. The first kappa shape index (κ1) is 14.2. The first-order valence-electron chi connectivity index (χ1n) is 6.76. The summed E-state index contributed by atoms with van der Waals surface area (Å²) in [5.41, 5.74) is 1.46. The van der Waals surface area contributed by atoms with Crippen LogP contribution < -0.4 is 0 Å². The molecule has 2 rings (SSSR count). The third-order valence-corrected chi connectivity index (χ3v) is 3.31. The Morgan fingerprint density at radius 3 is 2.70 bits per heavy atom. The number of nitro benzene ring substituents is 1. The Morgan fingerprint density at radius 1 is 1.40 bits per heavy atom. The van der Waals surface area contributed by atoms with Gasteiger partial charge >= 0.3 is 5.97 Å². The number of nitro groups is 1. The van der Waals surface area contributed by atoms with Gasteiger partial charge in [-0.1, -0.05) is 19.8 Å². The van der Waals surface area contributed by atoms with Crippen LogP contribution in [0.5, 0.6) is 0 Å². The summed E-state index contributed by atoms with van der Waals surface area (Å²) in [6, 6.07) is 6.14. The quantitative estimate of drug-likeness (QED) is 0.357. The molecule has 5 nitrogen and oxygen atoms in total. The summed E-state index contributed by atoms with van der Waals surface area (Å²) in [6.45, 7) is 2.10. The molecule has 0 bridgehead atoms. The van der Waals surface area contributed by atoms with Crippen LogP contribution >= 0.6 is 0 Å². The average Bonchev–Trinajstić information content (AvgIpc) is 2.77. The highest BCUT2D eigenvalue weighted by Crippen LogP contribution is 2.26. The molecule has 0 saturated carbocycles. The second kappa shape index (κ2) is 6.32. The van der Waals surface area contributed by atoms with Crippen molar-refractivity contribution in [3.63, 3.8) is 0 Å². The van der Waals surface area contributed by atoms with Crippen LogP contribution in [0.15, 0.2) is 29.8 Å². The van der Waals surface area contributed by atoms with E-state index in [4.69, 9.17) is 4.74 Å². The molecule has 1 aliphatic heterocycles. The van der Waals surface area contributed by atoms with Gasteiger partial charge in [0.15, 0.2) is 0 Å². The van der Waals surface area contributed by atoms with E-state index in [0.29, 0.717) is 12.0 Å². The number of unbranched alkanes of at least 4 members (excludes halogenated alkanes) is 1. The van der Waals surface area contributed by atoms with Crippen LogP contribution in [0.25, 0.3) is 6.08 Å². The lowest BCUT2D eigenvalue weighted by Gasteiger charge is -2.05. The first-order chi connectivity index (χ1) is 9.60. The predicted molar refractivity (Wildman–Crippen MR) is 75.1 cm³/mol. The summed E-state index contributed by atoms with van der Waals surface area (Å²) in [4.78, 5) is 21.9. The number of cyclic esters (lactones) is 1. The number of esters is 1. The lowest BCUT2D eigenvalue weighted by molar-refractivity contribution is -0.384. The molecule has 0 radical (unpaired) electrons. The Balaban J connectivity index is 2.07. The number of carbonyl (C=O) groups is 1. The Labute approximate surface area is 117 Å². The van der Waals surface area contributed by atoms with E-state index >= 15 is 0 Å². The van der Waals surface area contributed by atoms with Crippen molar-refractivity contribution in [2.24, 2.45) is 0 Å². The molecular weight excluding hydrogens is 258 g/mol. The van der Waals surface area contributed by atoms with Crippen molar-refractivity contribution in [2.45, 2.75) is 38.7 Å². The minimum atomic E-state index is -0.443. The molecule has 1 fully saturated rings. The fourth-order valence-corrected chi connectivity index (χ4v) is 2.20. The van der Waals surface area contributed by atoms with Crippen LogP contribution in [0.2, 0.25) is 0 Å². The smallest absolute Gasteiger partial charge is 0.334 e. The molecule has 1 aliphatic rings. The van der Waals surface area contributed by atoms with Crippen LogP contribution in [0.3, 0.4) is 0 Å². The van der Waals surface area contributed by atoms with Gasteiger partial charge in [0, 0.05) is 24.1 Å². The van der Waals surface area contributed by atoms with Gasteiger partial charge in [-0.05, 0) is 30.2 Å². The summed E-state index contributed by atoms with van der Waals surface area (Å²) in [5, 5.41) is 10.6. The zero-order valence-electron chi connectivity index (χ0n) is 11.4. The van der Waals surface area contributed by atoms with Gasteiger partial charge in [-0.15, -0.1) is 0 Å². The molecule has 1 aromatic carbocycles. The normalized spacial score (nSPS) is 20.1. The molecule has 0 aliphatic carbocycles. The third-order valence-electron chi connectivity index (χ3n) is 3.31. The van der Waals surface area contributed by atoms with Crippen LogP contribution in [-0.2, 0) is 9.53 Å². The van der Waals surface area contributed by atoms with E-state index in [1.807, 2.05) is 0 Å². The monoisotopic (exact) mass is 275 g/mol. The van der Waals surface area contributed by atoms with Crippen molar-refractivity contribution in [3.8, 4) is 0 Å². The van der Waals surface area contributed by atoms with Crippen LogP contribution in [0.4, 0.5) is 5.69 Å². The van der Waals surface area contributed by atoms with Crippen LogP contribution in [0, 0.1) is 10.1 Å². The highest BCUT2D eigenvalue weighted by atomic mass is 16.6. The minimum Gasteiger partial charge on any atom is -0.459 e. The average molecular weight is 275 g/mol. The number of hydrogen-bond donors (Lipinski definition) is 0. The van der Waals surface area contributed by atoms with E-state index in [2.05, 4.69) is 6.92 Å². The lowest BCUT2D eigenvalue weighted by atomic mass is 10.0. The molecule has 1 saturated heterocycles. The van der Waals surface area contributed by atoms with Crippen molar-refractivity contribution < 1.29 is 14.5 Å². The van der Waals surface area contributed by atoms with Crippen molar-refractivity contribution in [3.05, 3.63) is 45.5 Å². The van der Waals surface area contributed by atoms with Crippen molar-refractivity contribution >= 4 is 17.7 Å². The molecule has 1 atom stereocenters. The zero-order valence-corrected chi connectivity index (χ0v) is 11.4. The van der Waals surface area contributed by atoms with Gasteiger partial charge in [0.05, 0.1) is 4.92 Å². The number of ether oxygens (including phenoxy) is 1. The van der Waals surface area contributed by atoms with Crippen molar-refractivity contribution in [1.29, 1.82) is 0 Å². The Morgan fingerprint density at radius 2 is 2.10 bits per heavy atom. The van der Waals surface area contributed by atoms with E-state index in [1.165, 1.54) is 12.1 Å². The van der Waals surface area contributed by atoms with E-state index in [-0.39, 0.29) is 17.8 Å². The Kier molecular flexibility index (Phi) is 4.50. The van der Waals surface area contributed by atoms with E-state index in [0.717, 1.165) is 24.8 Å². The Hall–Kier alpha value is -2.17. The Bertz CT molecular complexity index is 533. The van der Waals surface area contributed by atoms with E-state index < -0.39 is 4.92 Å². The van der Waals surface area contributed by atoms with Crippen molar-refractivity contribution in [2.75, 3.05) is 0 Å². The number of carbonyl (C=O) groups excluding carboxylic acids is 1. The molecule has 106 valence electrons. The van der Waals surface area contributed by atoms with Gasteiger partial charge in [0.25, 0.3) is 5.69 Å². The number of benzene rings is 1. The minimum absolute atomic E-state index is 0.0215. The molecule has 1 heterocycles. The van der Waals surface area contributed by atoms with Crippen molar-refractivity contribution in [1.82, 2.24) is 0 Å². The fraction of sp³-hybridized carbons (Fsp3) is 0.400. The lowest BCUT2D eigenvalue weighted by Crippen LogP contribution is -2.05. The molecule has 0 spiro atoms. The van der Waals surface area contributed by atoms with Crippen LogP contribution in [0.1, 0.15) is 38.2 Å². The molecule has 0 aromatic heterocycles. The summed E-state index contributed by atoms with van der Waals surface area (Å²) in [5.74, 6) is -0.274. The van der Waals surface area contributed by atoms with Gasteiger partial charge < -0.3 is 4.74 Å². The molecule has 20 heavy (non-hydrogen) atoms. The zero-order chi connectivity index (χ0) is 14.5. The maximum Gasteiger partial charge on any atom is 0.334 e. The molecule has 0 N–H and O–H groups in total. The van der Waals surface area contributed by atoms with E-state index in [1.54, 1.807) is 18.2 Å². The van der Waals surface area contributed by atoms with Gasteiger partial charge in [-0.25, -0.2) is 4.79 Å². The molecule has 5 heteroatoms. The maximum atomic E-state index is 11.7. The second-order valence-electron chi connectivity index (χ2n) is 4.89. The summed E-state index contributed by atoms with van der Waals surface area (Å²) in [6.07, 6.45) is 5.36. The maximum absolute atomic E-state index is 11.7. The number of nitrogens with zero attached hydrogens (tertiary/aromatic N) is 1. The predicted octanol–water partition coefficient (Wildman–Crippen LogP) is 3.48. The topological polar surface area (TPSA) is 69.4 Å². The van der Waals surface area contributed by atoms with E-state index in [9.17, 15) is 14.9 Å². The molecule has 1 aromatic rings. The number of hydrogen-bond acceptors (Lipinski definition) is 4. The molecular formula is C15H17NO4. The summed E-state index contributed by atoms with van der Waals surface area (Å²) in [7, 11) is 0. The second-order valence-corrected chi connectivity index (χ2v) is 4.89. The number of rotatable bonds is 5. The highest BCUT2D eigenvalue weighted by Gasteiger charge is 2.28. The SMILES string of the molecule is CCCCC1CC(=Cc2ccc([N+](=O)[O-])cc2)C(=O)O1. The standard InChI is InChI=1S/C15H17NO4/c1-2-3-4-14-10-12(15(17)20-14)9-11-5-7-13(8-6-11)16(18)19/h5-9,14H,2-4,10H2,1H3. The van der Waals surface area contributed by atoms with Gasteiger partial charge in [0.2, 0.25) is 0 Å².